The number of phenols is 1. The summed E-state index contributed by atoms with van der Waals surface area (Å²) in [4.78, 5) is 4.35. The molecule has 98 valence electrons. The molecule has 0 fully saturated rings. The van der Waals surface area contributed by atoms with E-state index in [9.17, 15) is 5.11 Å². The van der Waals surface area contributed by atoms with E-state index < -0.39 is 0 Å². The van der Waals surface area contributed by atoms with Crippen molar-refractivity contribution >= 4 is 27.3 Å². The van der Waals surface area contributed by atoms with Gasteiger partial charge < -0.3 is 14.9 Å². The van der Waals surface area contributed by atoms with Crippen LogP contribution in [0.4, 0.5) is 11.4 Å². The molecule has 19 heavy (non-hydrogen) atoms. The van der Waals surface area contributed by atoms with Crippen molar-refractivity contribution in [2.75, 3.05) is 23.9 Å². The summed E-state index contributed by atoms with van der Waals surface area (Å²) < 4.78 is 0.970. The van der Waals surface area contributed by atoms with Crippen molar-refractivity contribution in [3.63, 3.8) is 0 Å². The van der Waals surface area contributed by atoms with E-state index in [0.717, 1.165) is 10.0 Å². The zero-order valence-corrected chi connectivity index (χ0v) is 12.4. The molecule has 0 atom stereocenters. The highest BCUT2D eigenvalue weighted by Crippen LogP contribution is 2.46. The standard InChI is InChI=1S/C15H15BrN2O/c1-17-12-5-3-4-6-13(12)18(2)15(17)11-9-10(16)7-8-14(11)19/h3-9,15,19H,1-2H3. The maximum absolute atomic E-state index is 10.1. The zero-order valence-electron chi connectivity index (χ0n) is 10.8. The number of halogens is 1. The smallest absolute Gasteiger partial charge is 0.131 e. The average molecular weight is 319 g/mol. The van der Waals surface area contributed by atoms with Gasteiger partial charge in [-0.25, -0.2) is 0 Å². The van der Waals surface area contributed by atoms with Crippen molar-refractivity contribution in [2.24, 2.45) is 0 Å². The van der Waals surface area contributed by atoms with Crippen molar-refractivity contribution < 1.29 is 5.11 Å². The van der Waals surface area contributed by atoms with E-state index in [1.54, 1.807) is 6.07 Å². The molecule has 0 saturated carbocycles. The molecular formula is C15H15BrN2O. The molecule has 1 aliphatic rings. The van der Waals surface area contributed by atoms with Crippen LogP contribution in [0.1, 0.15) is 11.7 Å². The molecule has 3 nitrogen and oxygen atoms in total. The lowest BCUT2D eigenvalue weighted by atomic mass is 10.1. The quantitative estimate of drug-likeness (QED) is 0.867. The monoisotopic (exact) mass is 318 g/mol. The fraction of sp³-hybridized carbons (Fsp3) is 0.200. The van der Waals surface area contributed by atoms with E-state index in [1.807, 2.05) is 38.4 Å². The van der Waals surface area contributed by atoms with Crippen molar-refractivity contribution in [1.82, 2.24) is 0 Å². The highest BCUT2D eigenvalue weighted by molar-refractivity contribution is 9.10. The fourth-order valence-corrected chi connectivity index (χ4v) is 3.11. The Morgan fingerprint density at radius 2 is 1.58 bits per heavy atom. The topological polar surface area (TPSA) is 26.7 Å². The van der Waals surface area contributed by atoms with Gasteiger partial charge in [-0.1, -0.05) is 28.1 Å². The molecule has 0 bridgehead atoms. The van der Waals surface area contributed by atoms with Crippen molar-refractivity contribution in [2.45, 2.75) is 6.17 Å². The number of rotatable bonds is 1. The second kappa shape index (κ2) is 4.46. The molecule has 3 rings (SSSR count). The Hall–Kier alpha value is -1.68. The van der Waals surface area contributed by atoms with Gasteiger partial charge in [0.25, 0.3) is 0 Å². The van der Waals surface area contributed by atoms with Crippen LogP contribution in [0, 0.1) is 0 Å². The van der Waals surface area contributed by atoms with Crippen LogP contribution in [0.15, 0.2) is 46.9 Å². The molecule has 1 heterocycles. The summed E-state index contributed by atoms with van der Waals surface area (Å²) in [6.07, 6.45) is 0.00917. The van der Waals surface area contributed by atoms with Crippen LogP contribution in [0.25, 0.3) is 0 Å². The predicted octanol–water partition coefficient (Wildman–Crippen LogP) is 3.74. The summed E-state index contributed by atoms with van der Waals surface area (Å²) in [7, 11) is 4.10. The summed E-state index contributed by atoms with van der Waals surface area (Å²) in [6.45, 7) is 0. The first-order valence-corrected chi connectivity index (χ1v) is 6.92. The summed E-state index contributed by atoms with van der Waals surface area (Å²) in [5, 5.41) is 10.1. The Morgan fingerprint density at radius 1 is 1.00 bits per heavy atom. The second-order valence-corrected chi connectivity index (χ2v) is 5.70. The number of benzene rings is 2. The molecule has 4 heteroatoms. The third kappa shape index (κ3) is 1.87. The molecule has 0 unspecified atom stereocenters. The normalized spacial score (nSPS) is 14.9. The highest BCUT2D eigenvalue weighted by Gasteiger charge is 2.33. The largest absolute Gasteiger partial charge is 0.508 e. The van der Waals surface area contributed by atoms with Crippen molar-refractivity contribution in [3.05, 3.63) is 52.5 Å². The molecule has 2 aromatic carbocycles. The van der Waals surface area contributed by atoms with Crippen LogP contribution in [-0.4, -0.2) is 19.2 Å². The van der Waals surface area contributed by atoms with Crippen LogP contribution >= 0.6 is 15.9 Å². The van der Waals surface area contributed by atoms with Gasteiger partial charge >= 0.3 is 0 Å². The SMILES string of the molecule is CN1c2ccccc2N(C)C1c1cc(Br)ccc1O. The maximum atomic E-state index is 10.1. The fourth-order valence-electron chi connectivity index (χ4n) is 2.73. The van der Waals surface area contributed by atoms with Gasteiger partial charge in [0.2, 0.25) is 0 Å². The average Bonchev–Trinajstić information content (AvgIpc) is 2.66. The molecule has 0 aliphatic carbocycles. The number of hydrogen-bond donors (Lipinski definition) is 1. The van der Waals surface area contributed by atoms with Crippen LogP contribution in [0.2, 0.25) is 0 Å². The Balaban J connectivity index is 2.11. The van der Waals surface area contributed by atoms with Crippen molar-refractivity contribution in [3.8, 4) is 5.75 Å². The van der Waals surface area contributed by atoms with E-state index >= 15 is 0 Å². The van der Waals surface area contributed by atoms with Gasteiger partial charge in [-0.15, -0.1) is 0 Å². The highest BCUT2D eigenvalue weighted by atomic mass is 79.9. The number of aromatic hydroxyl groups is 1. The minimum absolute atomic E-state index is 0.00917. The number of phenolic OH excluding ortho intramolecular Hbond substituents is 1. The number of fused-ring (bicyclic) bond motifs is 1. The Labute approximate surface area is 121 Å². The molecule has 0 amide bonds. The first-order valence-electron chi connectivity index (χ1n) is 6.12. The lowest BCUT2D eigenvalue weighted by Crippen LogP contribution is -2.30. The van der Waals surface area contributed by atoms with Gasteiger partial charge in [0.05, 0.1) is 11.4 Å². The van der Waals surface area contributed by atoms with Gasteiger partial charge in [0.15, 0.2) is 0 Å². The molecule has 1 N–H and O–H groups in total. The van der Waals surface area contributed by atoms with Crippen molar-refractivity contribution in [1.29, 1.82) is 0 Å². The minimum Gasteiger partial charge on any atom is -0.508 e. The first-order chi connectivity index (χ1) is 9.09. The number of para-hydroxylation sites is 2. The van der Waals surface area contributed by atoms with Gasteiger partial charge in [-0.3, -0.25) is 0 Å². The number of hydrogen-bond acceptors (Lipinski definition) is 3. The summed E-state index contributed by atoms with van der Waals surface area (Å²) in [5.74, 6) is 0.319. The second-order valence-electron chi connectivity index (χ2n) is 4.79. The molecule has 2 aromatic rings. The maximum Gasteiger partial charge on any atom is 0.131 e. The number of nitrogens with zero attached hydrogens (tertiary/aromatic N) is 2. The van der Waals surface area contributed by atoms with Crippen LogP contribution in [-0.2, 0) is 0 Å². The predicted molar refractivity (Wildman–Crippen MR) is 81.8 cm³/mol. The Morgan fingerprint density at radius 3 is 2.16 bits per heavy atom. The first kappa shape index (κ1) is 12.4. The van der Waals surface area contributed by atoms with Crippen LogP contribution < -0.4 is 9.80 Å². The Bertz CT molecular complexity index is 600. The van der Waals surface area contributed by atoms with E-state index in [1.165, 1.54) is 11.4 Å². The zero-order chi connectivity index (χ0) is 13.6. The third-order valence-electron chi connectivity index (χ3n) is 3.64. The van der Waals surface area contributed by atoms with Crippen LogP contribution in [0.5, 0.6) is 5.75 Å². The minimum atomic E-state index is 0.00917. The molecule has 1 aliphatic heterocycles. The van der Waals surface area contributed by atoms with Gasteiger partial charge in [0.1, 0.15) is 11.9 Å². The van der Waals surface area contributed by atoms with E-state index in [-0.39, 0.29) is 6.17 Å². The molecule has 0 radical (unpaired) electrons. The van der Waals surface area contributed by atoms with Gasteiger partial charge in [-0.05, 0) is 30.3 Å². The summed E-state index contributed by atoms with van der Waals surface area (Å²) in [6, 6.07) is 13.8. The Kier molecular flexibility index (Phi) is 2.90. The lowest BCUT2D eigenvalue weighted by molar-refractivity contribution is 0.460. The molecular weight excluding hydrogens is 304 g/mol. The summed E-state index contributed by atoms with van der Waals surface area (Å²) in [5.41, 5.74) is 3.25. The van der Waals surface area contributed by atoms with E-state index in [4.69, 9.17) is 0 Å². The molecule has 0 saturated heterocycles. The molecule has 0 spiro atoms. The van der Waals surface area contributed by atoms with Gasteiger partial charge in [0, 0.05) is 24.1 Å². The number of anilines is 2. The molecule has 0 aromatic heterocycles. The lowest BCUT2D eigenvalue weighted by Gasteiger charge is -2.29. The third-order valence-corrected chi connectivity index (χ3v) is 4.14. The van der Waals surface area contributed by atoms with Gasteiger partial charge in [-0.2, -0.15) is 0 Å². The van der Waals surface area contributed by atoms with E-state index in [2.05, 4.69) is 37.9 Å². The van der Waals surface area contributed by atoms with Crippen LogP contribution in [0.3, 0.4) is 0 Å². The van der Waals surface area contributed by atoms with E-state index in [0.29, 0.717) is 5.75 Å². The summed E-state index contributed by atoms with van der Waals surface area (Å²) >= 11 is 3.47.